The van der Waals surface area contributed by atoms with Gasteiger partial charge in [-0.3, -0.25) is 0 Å². The van der Waals surface area contributed by atoms with Crippen LogP contribution in [-0.4, -0.2) is 12.1 Å². The van der Waals surface area contributed by atoms with Crippen molar-refractivity contribution in [1.29, 1.82) is 0 Å². The molecule has 5 nitrogen and oxygen atoms in total. The van der Waals surface area contributed by atoms with E-state index in [-0.39, 0.29) is 0 Å². The number of benzene rings is 1. The lowest BCUT2D eigenvalue weighted by Crippen LogP contribution is -1.82. The second-order valence-electron chi connectivity index (χ2n) is 2.49. The zero-order chi connectivity index (χ0) is 9.97. The smallest absolute Gasteiger partial charge is 0.181 e. The van der Waals surface area contributed by atoms with Gasteiger partial charge in [0.2, 0.25) is 0 Å². The summed E-state index contributed by atoms with van der Waals surface area (Å²) in [4.78, 5) is 6.84. The van der Waals surface area contributed by atoms with E-state index in [1.807, 2.05) is 18.2 Å². The summed E-state index contributed by atoms with van der Waals surface area (Å²) in [5.41, 5.74) is 9.00. The minimum atomic E-state index is 0.409. The van der Waals surface area contributed by atoms with E-state index in [0.29, 0.717) is 10.9 Å². The Kier molecular flexibility index (Phi) is 2.22. The Morgan fingerprint density at radius 2 is 2.43 bits per heavy atom. The molecule has 14 heavy (non-hydrogen) atoms. The second kappa shape index (κ2) is 3.53. The molecule has 0 aliphatic carbocycles. The quantitative estimate of drug-likeness (QED) is 0.430. The van der Waals surface area contributed by atoms with E-state index in [0.717, 1.165) is 10.2 Å². The van der Waals surface area contributed by atoms with Crippen LogP contribution in [0, 0.1) is 0 Å². The molecule has 0 N–H and O–H groups in total. The number of ether oxygens (including phenoxy) is 1. The van der Waals surface area contributed by atoms with Crippen molar-refractivity contribution in [2.75, 3.05) is 7.11 Å². The number of rotatable bonds is 2. The Balaban J connectivity index is 2.69. The topological polar surface area (TPSA) is 70.9 Å². The summed E-state index contributed by atoms with van der Waals surface area (Å²) in [6.07, 6.45) is 0. The van der Waals surface area contributed by atoms with Crippen LogP contribution in [0.3, 0.4) is 0 Å². The monoisotopic (exact) mass is 206 g/mol. The summed E-state index contributed by atoms with van der Waals surface area (Å²) in [6.45, 7) is 0. The van der Waals surface area contributed by atoms with Crippen LogP contribution in [0.2, 0.25) is 0 Å². The minimum Gasteiger partial charge on any atom is -0.494 e. The van der Waals surface area contributed by atoms with Gasteiger partial charge in [0.05, 0.1) is 11.8 Å². The summed E-state index contributed by atoms with van der Waals surface area (Å²) in [5.74, 6) is 0.693. The van der Waals surface area contributed by atoms with Crippen LogP contribution in [-0.2, 0) is 0 Å². The first-order valence-corrected chi connectivity index (χ1v) is 4.65. The molecule has 0 amide bonds. The maximum Gasteiger partial charge on any atom is 0.181 e. The van der Waals surface area contributed by atoms with Crippen molar-refractivity contribution in [3.8, 4) is 5.75 Å². The van der Waals surface area contributed by atoms with Crippen molar-refractivity contribution in [1.82, 2.24) is 4.98 Å². The average Bonchev–Trinajstić information content (AvgIpc) is 2.60. The highest BCUT2D eigenvalue weighted by atomic mass is 32.1. The maximum absolute atomic E-state index is 8.27. The lowest BCUT2D eigenvalue weighted by atomic mass is 10.3. The van der Waals surface area contributed by atoms with E-state index in [2.05, 4.69) is 15.0 Å². The van der Waals surface area contributed by atoms with Crippen LogP contribution >= 0.6 is 11.3 Å². The van der Waals surface area contributed by atoms with Gasteiger partial charge in [-0.05, 0) is 22.8 Å². The highest BCUT2D eigenvalue weighted by Crippen LogP contribution is 2.33. The molecular formula is C8H6N4OS. The molecule has 0 aliphatic heterocycles. The molecule has 1 aromatic heterocycles. The normalized spacial score (nSPS) is 9.79. The first kappa shape index (κ1) is 8.80. The number of azide groups is 1. The second-order valence-corrected chi connectivity index (χ2v) is 3.50. The van der Waals surface area contributed by atoms with Crippen LogP contribution in [0.1, 0.15) is 0 Å². The van der Waals surface area contributed by atoms with Crippen LogP contribution in [0.5, 0.6) is 5.75 Å². The molecule has 0 bridgehead atoms. The molecule has 70 valence electrons. The van der Waals surface area contributed by atoms with Gasteiger partial charge in [-0.15, -0.1) is 11.3 Å². The molecule has 1 aromatic carbocycles. The van der Waals surface area contributed by atoms with Crippen molar-refractivity contribution in [2.24, 2.45) is 5.11 Å². The number of thiazole rings is 1. The number of aromatic nitrogens is 1. The third kappa shape index (κ3) is 1.37. The van der Waals surface area contributed by atoms with Crippen LogP contribution in [0.25, 0.3) is 20.7 Å². The van der Waals surface area contributed by atoms with E-state index in [9.17, 15) is 0 Å². The van der Waals surface area contributed by atoms with E-state index in [1.165, 1.54) is 11.3 Å². The van der Waals surface area contributed by atoms with Gasteiger partial charge in [-0.2, -0.15) is 0 Å². The SMILES string of the molecule is COc1cccc2sc(N=[N+]=[N-])nc12. The largest absolute Gasteiger partial charge is 0.494 e. The Bertz CT molecular complexity index is 515. The van der Waals surface area contributed by atoms with E-state index < -0.39 is 0 Å². The van der Waals surface area contributed by atoms with Crippen molar-refractivity contribution >= 4 is 26.7 Å². The fourth-order valence-corrected chi connectivity index (χ4v) is 1.96. The fraction of sp³-hybridized carbons (Fsp3) is 0.125. The van der Waals surface area contributed by atoms with Gasteiger partial charge in [0.25, 0.3) is 0 Å². The standard InChI is InChI=1S/C8H6N4OS/c1-13-5-3-2-4-6-7(5)10-8(14-6)11-12-9/h2-4H,1H3. The van der Waals surface area contributed by atoms with Gasteiger partial charge in [0.15, 0.2) is 5.13 Å². The van der Waals surface area contributed by atoms with Crippen LogP contribution in [0.15, 0.2) is 23.3 Å². The predicted molar refractivity (Wildman–Crippen MR) is 55.0 cm³/mol. The van der Waals surface area contributed by atoms with E-state index in [4.69, 9.17) is 10.3 Å². The molecule has 0 atom stereocenters. The third-order valence-electron chi connectivity index (χ3n) is 1.72. The molecule has 0 saturated carbocycles. The molecule has 2 aromatic rings. The summed E-state index contributed by atoms with van der Waals surface area (Å²) in [7, 11) is 1.58. The number of fused-ring (bicyclic) bond motifs is 1. The third-order valence-corrected chi connectivity index (χ3v) is 2.63. The number of para-hydroxylation sites is 1. The molecule has 0 saturated heterocycles. The first-order chi connectivity index (χ1) is 6.85. The van der Waals surface area contributed by atoms with Gasteiger partial charge in [-0.1, -0.05) is 6.07 Å². The lowest BCUT2D eigenvalue weighted by Gasteiger charge is -1.97. The van der Waals surface area contributed by atoms with Gasteiger partial charge in [0.1, 0.15) is 11.3 Å². The van der Waals surface area contributed by atoms with E-state index >= 15 is 0 Å². The van der Waals surface area contributed by atoms with Gasteiger partial charge in [-0.25, -0.2) is 4.98 Å². The summed E-state index contributed by atoms with van der Waals surface area (Å²) in [6, 6.07) is 5.60. The Labute approximate surface area is 83.6 Å². The van der Waals surface area contributed by atoms with Gasteiger partial charge >= 0.3 is 0 Å². The predicted octanol–water partition coefficient (Wildman–Crippen LogP) is 3.25. The zero-order valence-corrected chi connectivity index (χ0v) is 8.15. The molecule has 0 spiro atoms. The van der Waals surface area contributed by atoms with Gasteiger partial charge in [0, 0.05) is 4.91 Å². The van der Waals surface area contributed by atoms with Crippen molar-refractivity contribution in [2.45, 2.75) is 0 Å². The Morgan fingerprint density at radius 3 is 3.14 bits per heavy atom. The van der Waals surface area contributed by atoms with Crippen LogP contribution < -0.4 is 4.74 Å². The molecule has 0 unspecified atom stereocenters. The highest BCUT2D eigenvalue weighted by Gasteiger charge is 2.06. The molecule has 0 fully saturated rings. The molecular weight excluding hydrogens is 200 g/mol. The number of hydrogen-bond donors (Lipinski definition) is 0. The fourth-order valence-electron chi connectivity index (χ4n) is 1.16. The summed E-state index contributed by atoms with van der Waals surface area (Å²) < 4.78 is 6.08. The number of methoxy groups -OCH3 is 1. The Hall–Kier alpha value is -1.78. The van der Waals surface area contributed by atoms with Crippen LogP contribution in [0.4, 0.5) is 5.13 Å². The maximum atomic E-state index is 8.27. The molecule has 6 heteroatoms. The molecule has 0 radical (unpaired) electrons. The summed E-state index contributed by atoms with van der Waals surface area (Å²) >= 11 is 1.34. The van der Waals surface area contributed by atoms with Crippen molar-refractivity contribution in [3.63, 3.8) is 0 Å². The van der Waals surface area contributed by atoms with E-state index in [1.54, 1.807) is 7.11 Å². The van der Waals surface area contributed by atoms with Gasteiger partial charge < -0.3 is 4.74 Å². The number of nitrogens with zero attached hydrogens (tertiary/aromatic N) is 4. The molecule has 2 rings (SSSR count). The Morgan fingerprint density at radius 1 is 1.57 bits per heavy atom. The lowest BCUT2D eigenvalue weighted by molar-refractivity contribution is 0.419. The average molecular weight is 206 g/mol. The molecule has 0 aliphatic rings. The van der Waals surface area contributed by atoms with Crippen molar-refractivity contribution in [3.05, 3.63) is 28.6 Å². The van der Waals surface area contributed by atoms with Crippen molar-refractivity contribution < 1.29 is 4.74 Å². The zero-order valence-electron chi connectivity index (χ0n) is 7.34. The minimum absolute atomic E-state index is 0.409. The molecule has 1 heterocycles. The highest BCUT2D eigenvalue weighted by molar-refractivity contribution is 7.22. The number of hydrogen-bond acceptors (Lipinski definition) is 4. The summed E-state index contributed by atoms with van der Waals surface area (Å²) in [5, 5.41) is 3.86. The first-order valence-electron chi connectivity index (χ1n) is 3.84.